The van der Waals surface area contributed by atoms with Crippen molar-refractivity contribution in [1.29, 1.82) is 0 Å². The molecule has 2 rings (SSSR count). The Kier molecular flexibility index (Phi) is 5.86. The number of nitrogens with one attached hydrogen (secondary N) is 1. The molecule has 1 N–H and O–H groups in total. The summed E-state index contributed by atoms with van der Waals surface area (Å²) in [6.07, 6.45) is 0.929. The van der Waals surface area contributed by atoms with E-state index in [2.05, 4.69) is 12.2 Å². The predicted molar refractivity (Wildman–Crippen MR) is 89.3 cm³/mol. The van der Waals surface area contributed by atoms with Crippen molar-refractivity contribution in [2.45, 2.75) is 25.7 Å². The normalized spacial score (nSPS) is 11.7. The molecular weight excluding hydrogens is 292 g/mol. The first-order chi connectivity index (χ1) is 11.1. The first-order valence-corrected chi connectivity index (χ1v) is 7.65. The maximum Gasteiger partial charge on any atom is 0.273 e. The summed E-state index contributed by atoms with van der Waals surface area (Å²) in [5, 5.41) is 13.9. The van der Waals surface area contributed by atoms with Crippen LogP contribution < -0.4 is 5.32 Å². The Hall–Kier alpha value is -2.69. The van der Waals surface area contributed by atoms with Crippen molar-refractivity contribution in [2.75, 3.05) is 6.54 Å². The minimum absolute atomic E-state index is 0.0160. The Bertz CT molecular complexity index is 671. The summed E-state index contributed by atoms with van der Waals surface area (Å²) in [6.45, 7) is 2.60. The number of benzene rings is 2. The van der Waals surface area contributed by atoms with Gasteiger partial charge in [-0.1, -0.05) is 55.5 Å². The molecule has 0 aliphatic rings. The molecule has 0 bridgehead atoms. The van der Waals surface area contributed by atoms with Crippen molar-refractivity contribution in [2.24, 2.45) is 0 Å². The average Bonchev–Trinajstić information content (AvgIpc) is 2.56. The van der Waals surface area contributed by atoms with Crippen LogP contribution in [0.4, 0.5) is 5.69 Å². The SMILES string of the molecule is CCC(CNC(=O)Cc1ccccc1[N+](=O)[O-])c1ccccc1. The highest BCUT2D eigenvalue weighted by molar-refractivity contribution is 5.79. The Morgan fingerprint density at radius 2 is 1.78 bits per heavy atom. The number of hydrogen-bond donors (Lipinski definition) is 1. The van der Waals surface area contributed by atoms with Gasteiger partial charge in [0.25, 0.3) is 5.69 Å². The highest BCUT2D eigenvalue weighted by atomic mass is 16.6. The second-order valence-corrected chi connectivity index (χ2v) is 5.38. The van der Waals surface area contributed by atoms with Crippen LogP contribution >= 0.6 is 0 Å². The number of amides is 1. The topological polar surface area (TPSA) is 72.2 Å². The molecule has 23 heavy (non-hydrogen) atoms. The van der Waals surface area contributed by atoms with Gasteiger partial charge < -0.3 is 5.32 Å². The molecule has 5 heteroatoms. The number of nitrogens with zero attached hydrogens (tertiary/aromatic N) is 1. The van der Waals surface area contributed by atoms with E-state index < -0.39 is 4.92 Å². The van der Waals surface area contributed by atoms with Gasteiger partial charge in [0.1, 0.15) is 0 Å². The lowest BCUT2D eigenvalue weighted by molar-refractivity contribution is -0.385. The first-order valence-electron chi connectivity index (χ1n) is 7.65. The van der Waals surface area contributed by atoms with Gasteiger partial charge in [-0.05, 0) is 12.0 Å². The van der Waals surface area contributed by atoms with E-state index >= 15 is 0 Å². The standard InChI is InChI=1S/C18H20N2O3/c1-2-14(15-8-4-3-5-9-15)13-19-18(21)12-16-10-6-7-11-17(16)20(22)23/h3-11,14H,2,12-13H2,1H3,(H,19,21). The zero-order valence-electron chi connectivity index (χ0n) is 13.1. The van der Waals surface area contributed by atoms with Crippen LogP contribution in [-0.4, -0.2) is 17.4 Å². The minimum Gasteiger partial charge on any atom is -0.355 e. The Morgan fingerprint density at radius 1 is 1.13 bits per heavy atom. The van der Waals surface area contributed by atoms with Crippen molar-refractivity contribution < 1.29 is 9.72 Å². The Labute approximate surface area is 135 Å². The van der Waals surface area contributed by atoms with Crippen molar-refractivity contribution in [3.63, 3.8) is 0 Å². The van der Waals surface area contributed by atoms with Crippen LogP contribution in [0.2, 0.25) is 0 Å². The van der Waals surface area contributed by atoms with Crippen molar-refractivity contribution in [3.8, 4) is 0 Å². The fourth-order valence-corrected chi connectivity index (χ4v) is 2.53. The summed E-state index contributed by atoms with van der Waals surface area (Å²) in [5.41, 5.74) is 1.60. The summed E-state index contributed by atoms with van der Waals surface area (Å²) in [7, 11) is 0. The zero-order valence-corrected chi connectivity index (χ0v) is 13.1. The van der Waals surface area contributed by atoms with Gasteiger partial charge in [-0.15, -0.1) is 0 Å². The van der Waals surface area contributed by atoms with E-state index in [4.69, 9.17) is 0 Å². The molecule has 0 saturated carbocycles. The monoisotopic (exact) mass is 312 g/mol. The highest BCUT2D eigenvalue weighted by Crippen LogP contribution is 2.19. The molecule has 0 aliphatic carbocycles. The summed E-state index contributed by atoms with van der Waals surface area (Å²) < 4.78 is 0. The zero-order chi connectivity index (χ0) is 16.7. The second-order valence-electron chi connectivity index (χ2n) is 5.38. The van der Waals surface area contributed by atoms with Gasteiger partial charge >= 0.3 is 0 Å². The molecule has 0 radical (unpaired) electrons. The van der Waals surface area contributed by atoms with E-state index in [1.54, 1.807) is 18.2 Å². The van der Waals surface area contributed by atoms with E-state index in [1.165, 1.54) is 11.6 Å². The summed E-state index contributed by atoms with van der Waals surface area (Å²) in [6, 6.07) is 16.3. The number of para-hydroxylation sites is 1. The van der Waals surface area contributed by atoms with Crippen molar-refractivity contribution >= 4 is 11.6 Å². The van der Waals surface area contributed by atoms with Crippen molar-refractivity contribution in [3.05, 3.63) is 75.8 Å². The molecule has 1 unspecified atom stereocenters. The van der Waals surface area contributed by atoms with Crippen LogP contribution in [0.15, 0.2) is 54.6 Å². The van der Waals surface area contributed by atoms with Crippen LogP contribution in [0.5, 0.6) is 0 Å². The van der Waals surface area contributed by atoms with Crippen LogP contribution in [-0.2, 0) is 11.2 Å². The van der Waals surface area contributed by atoms with Gasteiger partial charge in [0.15, 0.2) is 0 Å². The van der Waals surface area contributed by atoms with E-state index in [9.17, 15) is 14.9 Å². The molecular formula is C18H20N2O3. The molecule has 120 valence electrons. The van der Waals surface area contributed by atoms with Gasteiger partial charge in [0.05, 0.1) is 11.3 Å². The lowest BCUT2D eigenvalue weighted by Crippen LogP contribution is -2.29. The van der Waals surface area contributed by atoms with Gasteiger partial charge in [-0.3, -0.25) is 14.9 Å². The molecule has 2 aromatic carbocycles. The number of nitro groups is 1. The smallest absolute Gasteiger partial charge is 0.273 e. The second kappa shape index (κ2) is 8.08. The largest absolute Gasteiger partial charge is 0.355 e. The van der Waals surface area contributed by atoms with Gasteiger partial charge in [-0.25, -0.2) is 0 Å². The fraction of sp³-hybridized carbons (Fsp3) is 0.278. The summed E-state index contributed by atoms with van der Waals surface area (Å²) in [5.74, 6) is 0.0413. The van der Waals surface area contributed by atoms with Crippen LogP contribution in [0, 0.1) is 10.1 Å². The van der Waals surface area contributed by atoms with E-state index in [1.807, 2.05) is 30.3 Å². The Balaban J connectivity index is 1.96. The van der Waals surface area contributed by atoms with E-state index in [-0.39, 0.29) is 23.9 Å². The molecule has 5 nitrogen and oxygen atoms in total. The number of carbonyl (C=O) groups excluding carboxylic acids is 1. The number of carbonyl (C=O) groups is 1. The van der Waals surface area contributed by atoms with E-state index in [0.29, 0.717) is 12.1 Å². The molecule has 0 aliphatic heterocycles. The highest BCUT2D eigenvalue weighted by Gasteiger charge is 2.16. The number of rotatable bonds is 7. The molecule has 0 spiro atoms. The van der Waals surface area contributed by atoms with Gasteiger partial charge in [0, 0.05) is 24.1 Å². The van der Waals surface area contributed by atoms with Gasteiger partial charge in [0.2, 0.25) is 5.91 Å². The third kappa shape index (κ3) is 4.64. The lowest BCUT2D eigenvalue weighted by Gasteiger charge is -2.16. The van der Waals surface area contributed by atoms with Crippen LogP contribution in [0.1, 0.15) is 30.4 Å². The molecule has 0 fully saturated rings. The molecule has 1 atom stereocenters. The maximum absolute atomic E-state index is 12.1. The molecule has 0 aromatic heterocycles. The minimum atomic E-state index is -0.457. The third-order valence-electron chi connectivity index (χ3n) is 3.85. The Morgan fingerprint density at radius 3 is 2.43 bits per heavy atom. The average molecular weight is 312 g/mol. The quantitative estimate of drug-likeness (QED) is 0.628. The molecule has 2 aromatic rings. The number of hydrogen-bond acceptors (Lipinski definition) is 3. The van der Waals surface area contributed by atoms with Crippen LogP contribution in [0.25, 0.3) is 0 Å². The van der Waals surface area contributed by atoms with Gasteiger partial charge in [-0.2, -0.15) is 0 Å². The maximum atomic E-state index is 12.1. The number of nitro benzene ring substituents is 1. The third-order valence-corrected chi connectivity index (χ3v) is 3.85. The summed E-state index contributed by atoms with van der Waals surface area (Å²) >= 11 is 0. The molecule has 0 saturated heterocycles. The fourth-order valence-electron chi connectivity index (χ4n) is 2.53. The van der Waals surface area contributed by atoms with Crippen molar-refractivity contribution in [1.82, 2.24) is 5.32 Å². The first kappa shape index (κ1) is 16.7. The van der Waals surface area contributed by atoms with Crippen LogP contribution in [0.3, 0.4) is 0 Å². The van der Waals surface area contributed by atoms with E-state index in [0.717, 1.165) is 6.42 Å². The predicted octanol–water partition coefficient (Wildman–Crippen LogP) is 3.45. The summed E-state index contributed by atoms with van der Waals surface area (Å²) in [4.78, 5) is 22.6. The molecule has 1 amide bonds. The molecule has 0 heterocycles. The lowest BCUT2D eigenvalue weighted by atomic mass is 9.96.